The van der Waals surface area contributed by atoms with Crippen LogP contribution in [0.5, 0.6) is 0 Å². The fourth-order valence-corrected chi connectivity index (χ4v) is 1.69. The number of nitrogens with zero attached hydrogens (tertiary/aromatic N) is 1. The zero-order chi connectivity index (χ0) is 9.42. The Hall–Kier alpha value is -0.650. The normalized spacial score (nSPS) is 43.8. The lowest BCUT2D eigenvalue weighted by molar-refractivity contribution is -0.189. The Balaban J connectivity index is 2.06. The summed E-state index contributed by atoms with van der Waals surface area (Å²) in [6.07, 6.45) is -1.01. The molecule has 4 atom stereocenters. The van der Waals surface area contributed by atoms with Gasteiger partial charge in [0.2, 0.25) is 6.29 Å². The highest BCUT2D eigenvalue weighted by molar-refractivity contribution is 5.75. The van der Waals surface area contributed by atoms with Crippen LogP contribution in [0.2, 0.25) is 0 Å². The largest absolute Gasteiger partial charge is 0.450 e. The van der Waals surface area contributed by atoms with Crippen molar-refractivity contribution in [2.24, 2.45) is 4.99 Å². The van der Waals surface area contributed by atoms with Gasteiger partial charge in [-0.15, -0.1) is 0 Å². The van der Waals surface area contributed by atoms with Crippen molar-refractivity contribution in [3.8, 4) is 0 Å². The Bertz CT molecular complexity index is 230. The molecule has 2 aliphatic heterocycles. The molecule has 0 unspecified atom stereocenters. The van der Waals surface area contributed by atoms with Crippen molar-refractivity contribution >= 4 is 5.90 Å². The highest BCUT2D eigenvalue weighted by Crippen LogP contribution is 2.27. The molecule has 0 aliphatic carbocycles. The molecular weight excluding hydrogens is 174 g/mol. The molecule has 0 amide bonds. The van der Waals surface area contributed by atoms with Crippen LogP contribution in [0.25, 0.3) is 0 Å². The SMILES string of the molecule is CC1=N[C@H]2[C@@H](O1)O[C@@H](CO)C[C@H]2O. The molecule has 0 aromatic rings. The Kier molecular flexibility index (Phi) is 2.23. The van der Waals surface area contributed by atoms with Gasteiger partial charge in [-0.05, 0) is 0 Å². The molecule has 0 spiro atoms. The Morgan fingerprint density at radius 3 is 3.08 bits per heavy atom. The average molecular weight is 187 g/mol. The second-order valence-corrected chi connectivity index (χ2v) is 3.37. The molecule has 0 aromatic carbocycles. The van der Waals surface area contributed by atoms with Crippen molar-refractivity contribution in [2.45, 2.75) is 37.9 Å². The van der Waals surface area contributed by atoms with Gasteiger partial charge < -0.3 is 19.7 Å². The number of aliphatic hydroxyl groups is 2. The molecule has 2 aliphatic rings. The van der Waals surface area contributed by atoms with Crippen LogP contribution in [-0.4, -0.2) is 47.3 Å². The van der Waals surface area contributed by atoms with Crippen LogP contribution in [0.15, 0.2) is 4.99 Å². The molecule has 5 nitrogen and oxygen atoms in total. The van der Waals surface area contributed by atoms with Crippen molar-refractivity contribution in [3.63, 3.8) is 0 Å². The van der Waals surface area contributed by atoms with Crippen molar-refractivity contribution in [1.29, 1.82) is 0 Å². The van der Waals surface area contributed by atoms with E-state index in [9.17, 15) is 5.11 Å². The van der Waals surface area contributed by atoms with Gasteiger partial charge in [-0.3, -0.25) is 0 Å². The van der Waals surface area contributed by atoms with Crippen LogP contribution in [-0.2, 0) is 9.47 Å². The summed E-state index contributed by atoms with van der Waals surface area (Å²) < 4.78 is 10.6. The number of fused-ring (bicyclic) bond motifs is 1. The minimum absolute atomic E-state index is 0.0946. The first-order valence-electron chi connectivity index (χ1n) is 4.36. The average Bonchev–Trinajstić information content (AvgIpc) is 2.46. The number of hydrogen-bond donors (Lipinski definition) is 2. The maximum atomic E-state index is 9.62. The summed E-state index contributed by atoms with van der Waals surface area (Å²) in [5.74, 6) is 0.535. The van der Waals surface area contributed by atoms with Gasteiger partial charge in [-0.1, -0.05) is 0 Å². The lowest BCUT2D eigenvalue weighted by atomic mass is 10.0. The van der Waals surface area contributed by atoms with E-state index in [1.54, 1.807) is 6.92 Å². The first-order chi connectivity index (χ1) is 6.20. The predicted octanol–water partition coefficient (Wildman–Crippen LogP) is -0.728. The van der Waals surface area contributed by atoms with Crippen LogP contribution >= 0.6 is 0 Å². The molecule has 1 fully saturated rings. The van der Waals surface area contributed by atoms with Gasteiger partial charge in [-0.25, -0.2) is 4.99 Å². The van der Waals surface area contributed by atoms with Crippen LogP contribution in [0.1, 0.15) is 13.3 Å². The summed E-state index contributed by atoms with van der Waals surface area (Å²) in [6, 6.07) is -0.317. The quantitative estimate of drug-likeness (QED) is 0.568. The Morgan fingerprint density at radius 2 is 2.38 bits per heavy atom. The third-order valence-corrected chi connectivity index (χ3v) is 2.33. The van der Waals surface area contributed by atoms with Crippen LogP contribution in [0.4, 0.5) is 0 Å². The summed E-state index contributed by atoms with van der Waals surface area (Å²) in [5, 5.41) is 18.5. The summed E-state index contributed by atoms with van der Waals surface area (Å²) in [6.45, 7) is 1.63. The maximum absolute atomic E-state index is 9.62. The van der Waals surface area contributed by atoms with Gasteiger partial charge >= 0.3 is 0 Å². The first kappa shape index (κ1) is 8.93. The minimum atomic E-state index is -0.576. The van der Waals surface area contributed by atoms with Gasteiger partial charge in [0.05, 0.1) is 18.8 Å². The molecule has 2 N–H and O–H groups in total. The Labute approximate surface area is 76.0 Å². The topological polar surface area (TPSA) is 71.3 Å². The Morgan fingerprint density at radius 1 is 1.62 bits per heavy atom. The van der Waals surface area contributed by atoms with Gasteiger partial charge in [0, 0.05) is 13.3 Å². The van der Waals surface area contributed by atoms with Crippen molar-refractivity contribution < 1.29 is 19.7 Å². The molecular formula is C8H13NO4. The van der Waals surface area contributed by atoms with E-state index in [1.807, 2.05) is 0 Å². The fourth-order valence-electron chi connectivity index (χ4n) is 1.69. The third kappa shape index (κ3) is 1.54. The van der Waals surface area contributed by atoms with Crippen LogP contribution in [0, 0.1) is 0 Å². The number of rotatable bonds is 1. The second-order valence-electron chi connectivity index (χ2n) is 3.37. The van der Waals surface area contributed by atoms with Crippen LogP contribution in [0.3, 0.4) is 0 Å². The molecule has 5 heteroatoms. The van der Waals surface area contributed by atoms with E-state index >= 15 is 0 Å². The molecule has 0 bridgehead atoms. The number of aliphatic imine (C=N–C) groups is 1. The zero-order valence-electron chi connectivity index (χ0n) is 7.38. The van der Waals surface area contributed by atoms with Crippen molar-refractivity contribution in [2.75, 3.05) is 6.61 Å². The van der Waals surface area contributed by atoms with E-state index in [-0.39, 0.29) is 18.8 Å². The standard InChI is InChI=1S/C8H13NO4/c1-4-9-7-6(11)2-5(3-10)13-8(7)12-4/h5-8,10-11H,2-3H2,1H3/t5-,6-,7-,8+/m1/s1. The third-order valence-electron chi connectivity index (χ3n) is 2.33. The summed E-state index contributed by atoms with van der Waals surface area (Å²) >= 11 is 0. The van der Waals surface area contributed by atoms with Gasteiger partial charge in [0.1, 0.15) is 6.04 Å². The predicted molar refractivity (Wildman–Crippen MR) is 44.4 cm³/mol. The molecule has 1 saturated heterocycles. The van der Waals surface area contributed by atoms with Gasteiger partial charge in [0.15, 0.2) is 5.90 Å². The van der Waals surface area contributed by atoms with Crippen LogP contribution < -0.4 is 0 Å². The minimum Gasteiger partial charge on any atom is -0.450 e. The molecule has 2 rings (SSSR count). The lowest BCUT2D eigenvalue weighted by Crippen LogP contribution is -2.47. The van der Waals surface area contributed by atoms with Crippen molar-refractivity contribution in [3.05, 3.63) is 0 Å². The van der Waals surface area contributed by atoms with E-state index in [0.29, 0.717) is 12.3 Å². The zero-order valence-corrected chi connectivity index (χ0v) is 7.38. The fraction of sp³-hybridized carbons (Fsp3) is 0.875. The number of aliphatic hydroxyl groups excluding tert-OH is 2. The van der Waals surface area contributed by atoms with Crippen molar-refractivity contribution in [1.82, 2.24) is 0 Å². The van der Waals surface area contributed by atoms with E-state index < -0.39 is 12.4 Å². The van der Waals surface area contributed by atoms with Gasteiger partial charge in [-0.2, -0.15) is 0 Å². The molecule has 0 aromatic heterocycles. The summed E-state index contributed by atoms with van der Waals surface area (Å²) in [5.41, 5.74) is 0. The highest BCUT2D eigenvalue weighted by atomic mass is 16.7. The highest BCUT2D eigenvalue weighted by Gasteiger charge is 2.42. The van der Waals surface area contributed by atoms with Gasteiger partial charge in [0.25, 0.3) is 0 Å². The lowest BCUT2D eigenvalue weighted by Gasteiger charge is -2.32. The smallest absolute Gasteiger partial charge is 0.226 e. The molecule has 0 saturated carbocycles. The summed E-state index contributed by atoms with van der Waals surface area (Å²) in [4.78, 5) is 4.10. The van der Waals surface area contributed by atoms with E-state index in [4.69, 9.17) is 14.6 Å². The second kappa shape index (κ2) is 3.25. The molecule has 0 radical (unpaired) electrons. The first-order valence-corrected chi connectivity index (χ1v) is 4.36. The van der Waals surface area contributed by atoms with E-state index in [2.05, 4.69) is 4.99 Å². The number of hydrogen-bond acceptors (Lipinski definition) is 5. The molecule has 2 heterocycles. The van der Waals surface area contributed by atoms with E-state index in [0.717, 1.165) is 0 Å². The van der Waals surface area contributed by atoms with E-state index in [1.165, 1.54) is 0 Å². The molecule has 74 valence electrons. The number of ether oxygens (including phenoxy) is 2. The summed E-state index contributed by atoms with van der Waals surface area (Å²) in [7, 11) is 0. The maximum Gasteiger partial charge on any atom is 0.226 e. The molecule has 13 heavy (non-hydrogen) atoms. The monoisotopic (exact) mass is 187 g/mol.